The van der Waals surface area contributed by atoms with Crippen LogP contribution in [0.5, 0.6) is 0 Å². The molecule has 2 aliphatic heterocycles. The molecule has 6 rings (SSSR count). The van der Waals surface area contributed by atoms with Crippen molar-refractivity contribution in [3.63, 3.8) is 0 Å². The first-order valence-electron chi connectivity index (χ1n) is 11.6. The molecule has 5 heterocycles. The molecule has 0 amide bonds. The van der Waals surface area contributed by atoms with Crippen molar-refractivity contribution in [2.24, 2.45) is 0 Å². The molecule has 2 fully saturated rings. The van der Waals surface area contributed by atoms with Gasteiger partial charge in [-0.05, 0) is 31.7 Å². The zero-order valence-corrected chi connectivity index (χ0v) is 18.7. The first-order chi connectivity index (χ1) is 16.2. The van der Waals surface area contributed by atoms with Gasteiger partial charge in [0.15, 0.2) is 5.65 Å². The average Bonchev–Trinajstić information content (AvgIpc) is 3.44. The molecule has 3 atom stereocenters. The standard InChI is InChI=1S/C26H28N6O/c1-33-15-22-24(18-11-19-8-9-20(12-18)30-19)31-26-21(14-29-32(26)25(22)27)17-7-10-23(28-13-17)16-5-3-2-4-6-16/h2-7,10,13-14,18-20,30H,8-9,11-12,15,27H2,1H3/t18?,19-,20+. The Morgan fingerprint density at radius 2 is 1.82 bits per heavy atom. The number of ether oxygens (including phenoxy) is 1. The molecule has 0 radical (unpaired) electrons. The van der Waals surface area contributed by atoms with Crippen LogP contribution in [0, 0.1) is 0 Å². The highest BCUT2D eigenvalue weighted by atomic mass is 16.5. The maximum absolute atomic E-state index is 6.64. The molecule has 0 saturated carbocycles. The van der Waals surface area contributed by atoms with Crippen molar-refractivity contribution in [2.75, 3.05) is 12.8 Å². The maximum Gasteiger partial charge on any atom is 0.165 e. The average molecular weight is 441 g/mol. The Labute approximate surface area is 193 Å². The molecule has 7 nitrogen and oxygen atoms in total. The van der Waals surface area contributed by atoms with Crippen LogP contribution in [-0.4, -0.2) is 38.8 Å². The zero-order chi connectivity index (χ0) is 22.4. The molecule has 33 heavy (non-hydrogen) atoms. The van der Waals surface area contributed by atoms with Crippen LogP contribution in [0.3, 0.4) is 0 Å². The van der Waals surface area contributed by atoms with Crippen LogP contribution in [0.15, 0.2) is 54.9 Å². The van der Waals surface area contributed by atoms with Crippen molar-refractivity contribution in [1.82, 2.24) is 24.9 Å². The normalized spacial score (nSPS) is 22.2. The first-order valence-corrected chi connectivity index (χ1v) is 11.6. The first kappa shape index (κ1) is 20.3. The van der Waals surface area contributed by atoms with Gasteiger partial charge in [-0.3, -0.25) is 4.98 Å². The number of anilines is 1. The topological polar surface area (TPSA) is 90.4 Å². The quantitative estimate of drug-likeness (QED) is 0.484. The molecule has 3 aromatic heterocycles. The third-order valence-corrected chi connectivity index (χ3v) is 7.11. The maximum atomic E-state index is 6.64. The third kappa shape index (κ3) is 3.57. The highest BCUT2D eigenvalue weighted by Gasteiger charge is 2.36. The Hall–Kier alpha value is -3.29. The summed E-state index contributed by atoms with van der Waals surface area (Å²) in [4.78, 5) is 9.87. The molecule has 2 bridgehead atoms. The highest BCUT2D eigenvalue weighted by Crippen LogP contribution is 2.40. The minimum atomic E-state index is 0.377. The van der Waals surface area contributed by atoms with Gasteiger partial charge in [-0.15, -0.1) is 0 Å². The van der Waals surface area contributed by atoms with Crippen LogP contribution in [0.25, 0.3) is 28.0 Å². The summed E-state index contributed by atoms with van der Waals surface area (Å²) in [6.07, 6.45) is 8.40. The minimum Gasteiger partial charge on any atom is -0.383 e. The number of benzene rings is 1. The number of methoxy groups -OCH3 is 1. The number of nitrogen functional groups attached to an aromatic ring is 1. The lowest BCUT2D eigenvalue weighted by molar-refractivity contribution is 0.182. The van der Waals surface area contributed by atoms with E-state index >= 15 is 0 Å². The molecule has 1 unspecified atom stereocenters. The number of piperidine rings is 1. The van der Waals surface area contributed by atoms with Crippen molar-refractivity contribution < 1.29 is 4.74 Å². The molecular formula is C26H28N6O. The molecule has 3 N–H and O–H groups in total. The van der Waals surface area contributed by atoms with Crippen molar-refractivity contribution in [3.05, 3.63) is 66.1 Å². The van der Waals surface area contributed by atoms with E-state index in [-0.39, 0.29) is 0 Å². The van der Waals surface area contributed by atoms with E-state index < -0.39 is 0 Å². The van der Waals surface area contributed by atoms with Gasteiger partial charge >= 0.3 is 0 Å². The fourth-order valence-corrected chi connectivity index (χ4v) is 5.51. The van der Waals surface area contributed by atoms with E-state index in [1.54, 1.807) is 11.6 Å². The van der Waals surface area contributed by atoms with Crippen molar-refractivity contribution in [2.45, 2.75) is 50.3 Å². The Morgan fingerprint density at radius 1 is 1.03 bits per heavy atom. The highest BCUT2D eigenvalue weighted by molar-refractivity contribution is 5.79. The lowest BCUT2D eigenvalue weighted by Gasteiger charge is -2.30. The predicted molar refractivity (Wildman–Crippen MR) is 129 cm³/mol. The van der Waals surface area contributed by atoms with E-state index in [0.717, 1.165) is 52.1 Å². The number of fused-ring (bicyclic) bond motifs is 3. The Balaban J connectivity index is 1.43. The summed E-state index contributed by atoms with van der Waals surface area (Å²) in [7, 11) is 1.70. The number of nitrogens with one attached hydrogen (secondary N) is 1. The largest absolute Gasteiger partial charge is 0.383 e. The van der Waals surface area contributed by atoms with Crippen molar-refractivity contribution in [1.29, 1.82) is 0 Å². The summed E-state index contributed by atoms with van der Waals surface area (Å²) in [5, 5.41) is 8.31. The van der Waals surface area contributed by atoms with Gasteiger partial charge in [-0.25, -0.2) is 4.98 Å². The number of rotatable bonds is 5. The number of nitrogens with zero attached hydrogens (tertiary/aromatic N) is 4. The fourth-order valence-electron chi connectivity index (χ4n) is 5.51. The van der Waals surface area contributed by atoms with Gasteiger partial charge in [-0.1, -0.05) is 36.4 Å². The molecule has 7 heteroatoms. The molecule has 4 aromatic rings. The van der Waals surface area contributed by atoms with Gasteiger partial charge in [-0.2, -0.15) is 9.61 Å². The monoisotopic (exact) mass is 440 g/mol. The van der Waals surface area contributed by atoms with Crippen LogP contribution in [0.4, 0.5) is 5.82 Å². The Kier molecular flexibility index (Phi) is 5.08. The van der Waals surface area contributed by atoms with Gasteiger partial charge in [0.1, 0.15) is 5.82 Å². The Bertz CT molecular complexity index is 1270. The summed E-state index contributed by atoms with van der Waals surface area (Å²) in [5.41, 5.74) is 13.4. The molecule has 168 valence electrons. The van der Waals surface area contributed by atoms with Crippen LogP contribution in [0.2, 0.25) is 0 Å². The van der Waals surface area contributed by atoms with Crippen LogP contribution in [-0.2, 0) is 11.3 Å². The molecule has 1 aromatic carbocycles. The number of hydrogen-bond acceptors (Lipinski definition) is 6. The summed E-state index contributed by atoms with van der Waals surface area (Å²) < 4.78 is 7.26. The van der Waals surface area contributed by atoms with E-state index in [9.17, 15) is 0 Å². The minimum absolute atomic E-state index is 0.377. The van der Waals surface area contributed by atoms with Gasteiger partial charge in [0, 0.05) is 53.6 Å². The summed E-state index contributed by atoms with van der Waals surface area (Å²) in [6.45, 7) is 0.436. The second-order valence-electron chi connectivity index (χ2n) is 9.19. The van der Waals surface area contributed by atoms with E-state index in [0.29, 0.717) is 30.4 Å². The molecular weight excluding hydrogens is 412 g/mol. The summed E-state index contributed by atoms with van der Waals surface area (Å²) in [5.74, 6) is 0.991. The molecule has 0 spiro atoms. The lowest BCUT2D eigenvalue weighted by atomic mass is 9.87. The molecule has 0 aliphatic carbocycles. The predicted octanol–water partition coefficient (Wildman–Crippen LogP) is 4.18. The van der Waals surface area contributed by atoms with Gasteiger partial charge in [0.25, 0.3) is 0 Å². The number of pyridine rings is 1. The second kappa shape index (κ2) is 8.24. The van der Waals surface area contributed by atoms with E-state index in [4.69, 9.17) is 20.4 Å². The van der Waals surface area contributed by atoms with E-state index in [1.165, 1.54) is 12.8 Å². The van der Waals surface area contributed by atoms with Crippen molar-refractivity contribution in [3.8, 4) is 22.4 Å². The number of hydrogen-bond donors (Lipinski definition) is 2. The molecule has 2 aliphatic rings. The van der Waals surface area contributed by atoms with Gasteiger partial charge in [0.05, 0.1) is 24.2 Å². The van der Waals surface area contributed by atoms with Gasteiger partial charge < -0.3 is 15.8 Å². The lowest BCUT2D eigenvalue weighted by Crippen LogP contribution is -2.37. The van der Waals surface area contributed by atoms with Gasteiger partial charge in [0.2, 0.25) is 0 Å². The van der Waals surface area contributed by atoms with E-state index in [1.807, 2.05) is 36.7 Å². The number of nitrogens with two attached hydrogens (primary N) is 1. The second-order valence-corrected chi connectivity index (χ2v) is 9.19. The SMILES string of the molecule is COCc1c(C2C[C@H]3CC[C@@H](C2)N3)nc2c(-c3ccc(-c4ccccc4)nc3)cnn2c1N. The fraction of sp³-hybridized carbons (Fsp3) is 0.346. The summed E-state index contributed by atoms with van der Waals surface area (Å²) in [6, 6.07) is 15.5. The van der Waals surface area contributed by atoms with Crippen LogP contribution >= 0.6 is 0 Å². The Morgan fingerprint density at radius 3 is 2.52 bits per heavy atom. The van der Waals surface area contributed by atoms with Crippen LogP contribution in [0.1, 0.15) is 42.9 Å². The number of aromatic nitrogens is 4. The molecule has 2 saturated heterocycles. The summed E-state index contributed by atoms with van der Waals surface area (Å²) >= 11 is 0. The third-order valence-electron chi connectivity index (χ3n) is 7.11. The van der Waals surface area contributed by atoms with Crippen molar-refractivity contribution >= 4 is 11.5 Å². The van der Waals surface area contributed by atoms with E-state index in [2.05, 4.69) is 28.6 Å². The van der Waals surface area contributed by atoms with Crippen LogP contribution < -0.4 is 11.1 Å². The smallest absolute Gasteiger partial charge is 0.165 e. The zero-order valence-electron chi connectivity index (χ0n) is 18.7.